The maximum Gasteiger partial charge on any atom is 0.234 e. The van der Waals surface area contributed by atoms with Crippen molar-refractivity contribution in [2.45, 2.75) is 45.2 Å². The number of primary amides is 1. The molecule has 1 unspecified atom stereocenters. The van der Waals surface area contributed by atoms with Crippen LogP contribution in [0.15, 0.2) is 0 Å². The van der Waals surface area contributed by atoms with Crippen LogP contribution in [0.3, 0.4) is 0 Å². The van der Waals surface area contributed by atoms with E-state index in [1.54, 1.807) is 0 Å². The first-order valence-electron chi connectivity index (χ1n) is 6.23. The fraction of sp³-hybridized carbons (Fsp3) is 0.917. The molecule has 1 saturated carbocycles. The van der Waals surface area contributed by atoms with Crippen LogP contribution in [0.25, 0.3) is 0 Å². The second-order valence-corrected chi connectivity index (χ2v) is 5.27. The average Bonchev–Trinajstić information content (AvgIpc) is 2.95. The van der Waals surface area contributed by atoms with Crippen LogP contribution < -0.4 is 11.1 Å². The molecule has 0 aromatic carbocycles. The first-order valence-corrected chi connectivity index (χ1v) is 6.23. The van der Waals surface area contributed by atoms with Gasteiger partial charge in [0.2, 0.25) is 5.91 Å². The van der Waals surface area contributed by atoms with Gasteiger partial charge >= 0.3 is 0 Å². The van der Waals surface area contributed by atoms with Crippen LogP contribution in [0.1, 0.15) is 33.1 Å². The Morgan fingerprint density at radius 2 is 2.12 bits per heavy atom. The zero-order valence-electron chi connectivity index (χ0n) is 10.7. The van der Waals surface area contributed by atoms with Gasteiger partial charge in [0.15, 0.2) is 0 Å². The third kappa shape index (κ3) is 5.47. The van der Waals surface area contributed by atoms with Crippen molar-refractivity contribution >= 4 is 5.91 Å². The molecule has 1 atom stereocenters. The van der Waals surface area contributed by atoms with E-state index in [0.717, 1.165) is 25.4 Å². The summed E-state index contributed by atoms with van der Waals surface area (Å²) in [7, 11) is 2.12. The Labute approximate surface area is 98.6 Å². The molecule has 0 radical (unpaired) electrons. The molecule has 0 aromatic heterocycles. The topological polar surface area (TPSA) is 58.4 Å². The summed E-state index contributed by atoms with van der Waals surface area (Å²) in [5.41, 5.74) is 5.36. The lowest BCUT2D eigenvalue weighted by molar-refractivity contribution is -0.120. The van der Waals surface area contributed by atoms with Gasteiger partial charge in [-0.15, -0.1) is 0 Å². The molecular formula is C12H25N3O. The van der Waals surface area contributed by atoms with E-state index in [0.29, 0.717) is 6.04 Å². The minimum Gasteiger partial charge on any atom is -0.368 e. The molecule has 1 fully saturated rings. The molecule has 0 spiro atoms. The Balaban J connectivity index is 2.21. The molecule has 0 bridgehead atoms. The van der Waals surface area contributed by atoms with E-state index in [-0.39, 0.29) is 11.9 Å². The van der Waals surface area contributed by atoms with Crippen LogP contribution in [0.2, 0.25) is 0 Å². The van der Waals surface area contributed by atoms with Gasteiger partial charge in [0.05, 0.1) is 6.04 Å². The number of carbonyl (C=O) groups is 1. The van der Waals surface area contributed by atoms with Crippen molar-refractivity contribution < 1.29 is 4.79 Å². The molecule has 1 rings (SSSR count). The predicted molar refractivity (Wildman–Crippen MR) is 66.1 cm³/mol. The van der Waals surface area contributed by atoms with Gasteiger partial charge in [-0.2, -0.15) is 0 Å². The van der Waals surface area contributed by atoms with Crippen LogP contribution in [0, 0.1) is 5.92 Å². The van der Waals surface area contributed by atoms with Crippen molar-refractivity contribution in [3.8, 4) is 0 Å². The van der Waals surface area contributed by atoms with E-state index in [2.05, 4.69) is 17.3 Å². The van der Waals surface area contributed by atoms with Gasteiger partial charge in [0.25, 0.3) is 0 Å². The summed E-state index contributed by atoms with van der Waals surface area (Å²) >= 11 is 0. The maximum atomic E-state index is 11.2. The number of hydrogen-bond acceptors (Lipinski definition) is 3. The summed E-state index contributed by atoms with van der Waals surface area (Å²) in [4.78, 5) is 13.5. The van der Waals surface area contributed by atoms with Crippen LogP contribution in [-0.2, 0) is 4.79 Å². The quantitative estimate of drug-likeness (QED) is 0.637. The van der Waals surface area contributed by atoms with E-state index < -0.39 is 0 Å². The van der Waals surface area contributed by atoms with Crippen molar-refractivity contribution in [3.05, 3.63) is 0 Å². The number of amides is 1. The van der Waals surface area contributed by atoms with Gasteiger partial charge in [-0.05, 0) is 38.8 Å². The molecule has 0 aromatic rings. The van der Waals surface area contributed by atoms with Gasteiger partial charge in [-0.3, -0.25) is 4.79 Å². The van der Waals surface area contributed by atoms with Crippen LogP contribution >= 0.6 is 0 Å². The lowest BCUT2D eigenvalue weighted by atomic mass is 10.1. The lowest BCUT2D eigenvalue weighted by Crippen LogP contribution is -2.46. The Bertz CT molecular complexity index is 226. The number of nitrogens with zero attached hydrogens (tertiary/aromatic N) is 1. The normalized spacial score (nSPS) is 18.1. The lowest BCUT2D eigenvalue weighted by Gasteiger charge is -2.22. The molecule has 94 valence electrons. The van der Waals surface area contributed by atoms with Crippen LogP contribution in [-0.4, -0.2) is 43.0 Å². The zero-order chi connectivity index (χ0) is 12.1. The monoisotopic (exact) mass is 227 g/mol. The van der Waals surface area contributed by atoms with E-state index in [9.17, 15) is 4.79 Å². The number of nitrogens with two attached hydrogens (primary N) is 1. The maximum absolute atomic E-state index is 11.2. The van der Waals surface area contributed by atoms with Crippen molar-refractivity contribution in [2.24, 2.45) is 11.7 Å². The largest absolute Gasteiger partial charge is 0.368 e. The Kier molecular flexibility index (Phi) is 5.22. The third-order valence-corrected chi connectivity index (χ3v) is 2.94. The van der Waals surface area contributed by atoms with E-state index >= 15 is 0 Å². The van der Waals surface area contributed by atoms with Crippen molar-refractivity contribution in [1.82, 2.24) is 10.2 Å². The molecule has 1 amide bonds. The summed E-state index contributed by atoms with van der Waals surface area (Å²) in [5, 5.41) is 3.20. The molecule has 1 aliphatic carbocycles. The second-order valence-electron chi connectivity index (χ2n) is 5.27. The Morgan fingerprint density at radius 1 is 1.50 bits per heavy atom. The van der Waals surface area contributed by atoms with E-state index in [1.807, 2.05) is 13.8 Å². The molecule has 0 saturated heterocycles. The first-order chi connectivity index (χ1) is 7.49. The number of carbonyl (C=O) groups excluding carboxylic acids is 1. The fourth-order valence-electron chi connectivity index (χ4n) is 1.89. The van der Waals surface area contributed by atoms with E-state index in [1.165, 1.54) is 12.8 Å². The third-order valence-electron chi connectivity index (χ3n) is 2.94. The first kappa shape index (κ1) is 13.5. The highest BCUT2D eigenvalue weighted by Crippen LogP contribution is 2.29. The molecule has 16 heavy (non-hydrogen) atoms. The zero-order valence-corrected chi connectivity index (χ0v) is 10.7. The summed E-state index contributed by atoms with van der Waals surface area (Å²) in [6.07, 6.45) is 3.54. The van der Waals surface area contributed by atoms with Gasteiger partial charge in [-0.25, -0.2) is 0 Å². The minimum absolute atomic E-state index is 0.193. The molecule has 3 N–H and O–H groups in total. The SMILES string of the molecule is CC(C)NC(CCN(C)CC1CC1)C(N)=O. The molecule has 4 nitrogen and oxygen atoms in total. The smallest absolute Gasteiger partial charge is 0.234 e. The molecular weight excluding hydrogens is 202 g/mol. The fourth-order valence-corrected chi connectivity index (χ4v) is 1.89. The summed E-state index contributed by atoms with van der Waals surface area (Å²) < 4.78 is 0. The summed E-state index contributed by atoms with van der Waals surface area (Å²) in [6.45, 7) is 6.16. The standard InChI is InChI=1S/C12H25N3O/c1-9(2)14-11(12(13)16)6-7-15(3)8-10-4-5-10/h9-11,14H,4-8H2,1-3H3,(H2,13,16). The van der Waals surface area contributed by atoms with Gasteiger partial charge in [-0.1, -0.05) is 13.8 Å². The Morgan fingerprint density at radius 3 is 2.56 bits per heavy atom. The number of nitrogens with one attached hydrogen (secondary N) is 1. The number of rotatable bonds is 8. The van der Waals surface area contributed by atoms with Crippen molar-refractivity contribution in [2.75, 3.05) is 20.1 Å². The van der Waals surface area contributed by atoms with Crippen LogP contribution in [0.4, 0.5) is 0 Å². The van der Waals surface area contributed by atoms with Crippen LogP contribution in [0.5, 0.6) is 0 Å². The van der Waals surface area contributed by atoms with Crippen molar-refractivity contribution in [1.29, 1.82) is 0 Å². The molecule has 0 heterocycles. The Hall–Kier alpha value is -0.610. The number of hydrogen-bond donors (Lipinski definition) is 2. The predicted octanol–water partition coefficient (Wildman–Crippen LogP) is 0.570. The van der Waals surface area contributed by atoms with E-state index in [4.69, 9.17) is 5.73 Å². The molecule has 0 aliphatic heterocycles. The molecule has 4 heteroatoms. The van der Waals surface area contributed by atoms with Gasteiger partial charge in [0, 0.05) is 12.6 Å². The van der Waals surface area contributed by atoms with Gasteiger partial charge in [0.1, 0.15) is 0 Å². The highest BCUT2D eigenvalue weighted by Gasteiger charge is 2.23. The average molecular weight is 227 g/mol. The second kappa shape index (κ2) is 6.21. The highest BCUT2D eigenvalue weighted by molar-refractivity contribution is 5.79. The molecule has 1 aliphatic rings. The van der Waals surface area contributed by atoms with Gasteiger partial charge < -0.3 is 16.0 Å². The van der Waals surface area contributed by atoms with Crippen molar-refractivity contribution in [3.63, 3.8) is 0 Å². The highest BCUT2D eigenvalue weighted by atomic mass is 16.1. The summed E-state index contributed by atoms with van der Waals surface area (Å²) in [6, 6.07) is 0.105. The minimum atomic E-state index is -0.242. The summed E-state index contributed by atoms with van der Waals surface area (Å²) in [5.74, 6) is 0.656.